The van der Waals surface area contributed by atoms with Gasteiger partial charge in [0.25, 0.3) is 0 Å². The molecule has 1 saturated carbocycles. The maximum Gasteiger partial charge on any atom is 0.193 e. The van der Waals surface area contributed by atoms with E-state index in [0.29, 0.717) is 19.1 Å². The van der Waals surface area contributed by atoms with Crippen molar-refractivity contribution in [3.8, 4) is 0 Å². The Morgan fingerprint density at radius 2 is 1.92 bits per heavy atom. The van der Waals surface area contributed by atoms with Gasteiger partial charge in [-0.1, -0.05) is 31.9 Å². The second kappa shape index (κ2) is 7.99. The van der Waals surface area contributed by atoms with Gasteiger partial charge in [0.15, 0.2) is 11.7 Å². The van der Waals surface area contributed by atoms with Crippen molar-refractivity contribution in [2.45, 2.75) is 63.8 Å². The first-order valence-electron chi connectivity index (χ1n) is 9.17. The summed E-state index contributed by atoms with van der Waals surface area (Å²) in [5, 5.41) is 3.13. The fourth-order valence-corrected chi connectivity index (χ4v) is 3.45. The van der Waals surface area contributed by atoms with Crippen LogP contribution in [0.25, 0.3) is 0 Å². The van der Waals surface area contributed by atoms with Gasteiger partial charge >= 0.3 is 0 Å². The average Bonchev–Trinajstić information content (AvgIpc) is 2.85. The summed E-state index contributed by atoms with van der Waals surface area (Å²) in [6.07, 6.45) is 7.99. The third-order valence-corrected chi connectivity index (χ3v) is 4.88. The zero-order valence-electron chi connectivity index (χ0n) is 14.6. The van der Waals surface area contributed by atoms with Crippen molar-refractivity contribution in [1.29, 1.82) is 0 Å². The lowest BCUT2D eigenvalue weighted by Gasteiger charge is -2.26. The second-order valence-electron chi connectivity index (χ2n) is 6.78. The lowest BCUT2D eigenvalue weighted by Crippen LogP contribution is -2.31. The molecular formula is C19H29N3O2. The topological polar surface area (TPSA) is 68.9 Å². The van der Waals surface area contributed by atoms with Gasteiger partial charge in [0.1, 0.15) is 6.10 Å². The fourth-order valence-electron chi connectivity index (χ4n) is 3.45. The lowest BCUT2D eigenvalue weighted by atomic mass is 10.1. The van der Waals surface area contributed by atoms with Crippen molar-refractivity contribution in [3.63, 3.8) is 0 Å². The number of aryl methyl sites for hydroxylation is 1. The minimum Gasteiger partial charge on any atom is -0.370 e. The molecule has 2 fully saturated rings. The molecule has 0 amide bonds. The standard InChI is InChI=1S/C19H29N3O2/c1-2-15-7-9-16(10-8-15)22-18(20)21-13-17-14-23-19(24-17)11-5-3-4-6-12-19/h7-10,17H,2-6,11-14H2,1H3,(H3,20,21,22). The van der Waals surface area contributed by atoms with Crippen LogP contribution in [-0.2, 0) is 15.9 Å². The SMILES string of the molecule is CCc1ccc(NC(N)=NCC2COC3(CCCCCC3)O2)cc1. The van der Waals surface area contributed by atoms with Crippen LogP contribution in [0.4, 0.5) is 5.69 Å². The summed E-state index contributed by atoms with van der Waals surface area (Å²) >= 11 is 0. The van der Waals surface area contributed by atoms with Crippen molar-refractivity contribution in [2.75, 3.05) is 18.5 Å². The molecule has 1 atom stereocenters. The number of nitrogens with two attached hydrogens (primary N) is 1. The Hall–Kier alpha value is -1.59. The molecule has 0 radical (unpaired) electrons. The van der Waals surface area contributed by atoms with Gasteiger partial charge in [-0.25, -0.2) is 0 Å². The number of rotatable bonds is 4. The minimum absolute atomic E-state index is 0.00548. The maximum atomic E-state index is 6.19. The van der Waals surface area contributed by atoms with Gasteiger partial charge < -0.3 is 20.5 Å². The van der Waals surface area contributed by atoms with Gasteiger partial charge in [-0.2, -0.15) is 0 Å². The van der Waals surface area contributed by atoms with E-state index < -0.39 is 0 Å². The van der Waals surface area contributed by atoms with Gasteiger partial charge in [0, 0.05) is 18.5 Å². The first-order chi connectivity index (χ1) is 11.7. The van der Waals surface area contributed by atoms with Gasteiger partial charge in [-0.05, 0) is 37.0 Å². The molecule has 1 aliphatic heterocycles. The highest BCUT2D eigenvalue weighted by Crippen LogP contribution is 2.36. The molecule has 2 aliphatic rings. The number of hydrogen-bond donors (Lipinski definition) is 2. The number of aliphatic imine (C=N–C) groups is 1. The monoisotopic (exact) mass is 331 g/mol. The Morgan fingerprint density at radius 1 is 1.21 bits per heavy atom. The Labute approximate surface area is 144 Å². The third kappa shape index (κ3) is 4.48. The molecule has 5 nitrogen and oxygen atoms in total. The predicted octanol–water partition coefficient (Wildman–Crippen LogP) is 3.44. The second-order valence-corrected chi connectivity index (χ2v) is 6.78. The highest BCUT2D eigenvalue weighted by atomic mass is 16.7. The number of nitrogens with one attached hydrogen (secondary N) is 1. The molecule has 5 heteroatoms. The Kier molecular flexibility index (Phi) is 5.74. The lowest BCUT2D eigenvalue weighted by molar-refractivity contribution is -0.174. The fraction of sp³-hybridized carbons (Fsp3) is 0.632. The van der Waals surface area contributed by atoms with E-state index in [1.54, 1.807) is 0 Å². The molecule has 0 bridgehead atoms. The van der Waals surface area contributed by atoms with Gasteiger partial charge in [0.05, 0.1) is 13.2 Å². The summed E-state index contributed by atoms with van der Waals surface area (Å²) in [5.41, 5.74) is 8.25. The van der Waals surface area contributed by atoms with E-state index in [2.05, 4.69) is 29.4 Å². The van der Waals surface area contributed by atoms with Crippen LogP contribution in [0.5, 0.6) is 0 Å². The molecule has 1 saturated heterocycles. The van der Waals surface area contributed by atoms with Crippen LogP contribution in [0, 0.1) is 0 Å². The van der Waals surface area contributed by atoms with E-state index in [1.165, 1.54) is 31.2 Å². The van der Waals surface area contributed by atoms with Crippen LogP contribution in [0.1, 0.15) is 51.0 Å². The molecule has 1 aromatic rings. The van der Waals surface area contributed by atoms with Crippen LogP contribution in [0.3, 0.4) is 0 Å². The zero-order valence-corrected chi connectivity index (χ0v) is 14.6. The number of anilines is 1. The van der Waals surface area contributed by atoms with E-state index in [4.69, 9.17) is 15.2 Å². The quantitative estimate of drug-likeness (QED) is 0.655. The molecule has 24 heavy (non-hydrogen) atoms. The smallest absolute Gasteiger partial charge is 0.193 e. The van der Waals surface area contributed by atoms with E-state index in [-0.39, 0.29) is 11.9 Å². The van der Waals surface area contributed by atoms with Crippen LogP contribution in [0.15, 0.2) is 29.3 Å². The summed E-state index contributed by atoms with van der Waals surface area (Å²) in [7, 11) is 0. The number of nitrogens with zero attached hydrogens (tertiary/aromatic N) is 1. The van der Waals surface area contributed by atoms with Gasteiger partial charge in [-0.3, -0.25) is 4.99 Å². The van der Waals surface area contributed by atoms with Crippen molar-refractivity contribution in [3.05, 3.63) is 29.8 Å². The summed E-state index contributed by atoms with van der Waals surface area (Å²) in [6.45, 7) is 3.29. The summed E-state index contributed by atoms with van der Waals surface area (Å²) in [6, 6.07) is 8.24. The number of ether oxygens (including phenoxy) is 2. The van der Waals surface area contributed by atoms with E-state index in [1.807, 2.05) is 12.1 Å². The van der Waals surface area contributed by atoms with E-state index >= 15 is 0 Å². The zero-order chi connectivity index (χ0) is 16.8. The van der Waals surface area contributed by atoms with Crippen molar-refractivity contribution < 1.29 is 9.47 Å². The van der Waals surface area contributed by atoms with E-state index in [9.17, 15) is 0 Å². The molecule has 1 heterocycles. The molecule has 3 N–H and O–H groups in total. The normalized spacial score (nSPS) is 24.0. The first kappa shape index (κ1) is 17.2. The molecule has 132 valence electrons. The molecule has 3 rings (SSSR count). The van der Waals surface area contributed by atoms with Crippen molar-refractivity contribution in [2.24, 2.45) is 10.7 Å². The van der Waals surface area contributed by atoms with Crippen molar-refractivity contribution in [1.82, 2.24) is 0 Å². The summed E-state index contributed by atoms with van der Waals surface area (Å²) in [4.78, 5) is 4.42. The van der Waals surface area contributed by atoms with Crippen LogP contribution in [-0.4, -0.2) is 31.0 Å². The Balaban J connectivity index is 1.49. The third-order valence-electron chi connectivity index (χ3n) is 4.88. The molecule has 1 spiro atoms. The van der Waals surface area contributed by atoms with Crippen LogP contribution < -0.4 is 11.1 Å². The van der Waals surface area contributed by atoms with Crippen molar-refractivity contribution >= 4 is 11.6 Å². The van der Waals surface area contributed by atoms with Gasteiger partial charge in [-0.15, -0.1) is 0 Å². The predicted molar refractivity (Wildman–Crippen MR) is 97.2 cm³/mol. The number of guanidine groups is 1. The number of benzene rings is 1. The Morgan fingerprint density at radius 3 is 2.58 bits per heavy atom. The molecule has 1 aliphatic carbocycles. The minimum atomic E-state index is -0.352. The molecular weight excluding hydrogens is 302 g/mol. The first-order valence-corrected chi connectivity index (χ1v) is 9.17. The van der Waals surface area contributed by atoms with Crippen LogP contribution in [0.2, 0.25) is 0 Å². The Bertz CT molecular complexity index is 548. The largest absolute Gasteiger partial charge is 0.370 e. The average molecular weight is 331 g/mol. The molecule has 1 unspecified atom stereocenters. The molecule has 1 aromatic carbocycles. The van der Waals surface area contributed by atoms with Crippen LogP contribution >= 0.6 is 0 Å². The highest BCUT2D eigenvalue weighted by molar-refractivity contribution is 5.92. The summed E-state index contributed by atoms with van der Waals surface area (Å²) in [5.74, 6) is 0.0687. The maximum absolute atomic E-state index is 6.19. The molecule has 0 aromatic heterocycles. The summed E-state index contributed by atoms with van der Waals surface area (Å²) < 4.78 is 12.2. The van der Waals surface area contributed by atoms with E-state index in [0.717, 1.165) is 24.9 Å². The number of hydrogen-bond acceptors (Lipinski definition) is 3. The van der Waals surface area contributed by atoms with Gasteiger partial charge in [0.2, 0.25) is 0 Å². The highest BCUT2D eigenvalue weighted by Gasteiger charge is 2.41.